The summed E-state index contributed by atoms with van der Waals surface area (Å²) >= 11 is 0. The fourth-order valence-corrected chi connectivity index (χ4v) is 2.23. The van der Waals surface area contributed by atoms with Crippen LogP contribution in [0.25, 0.3) is 0 Å². The number of nitrogens with zero attached hydrogens (tertiary/aromatic N) is 2. The van der Waals surface area contributed by atoms with Crippen molar-refractivity contribution in [2.75, 3.05) is 31.1 Å². The highest BCUT2D eigenvalue weighted by Crippen LogP contribution is 2.00. The topological polar surface area (TPSA) is 90.3 Å². The van der Waals surface area contributed by atoms with Gasteiger partial charge in [-0.15, -0.1) is 0 Å². The van der Waals surface area contributed by atoms with Gasteiger partial charge in [0.1, 0.15) is 6.54 Å². The molecule has 1 heterocycles. The highest BCUT2D eigenvalue weighted by atomic mass is 32.2. The Hall–Kier alpha value is -1.42. The van der Waals surface area contributed by atoms with Crippen LogP contribution in [0.5, 0.6) is 0 Å². The van der Waals surface area contributed by atoms with E-state index in [0.29, 0.717) is 24.6 Å². The average Bonchev–Trinajstić information content (AvgIpc) is 2.26. The van der Waals surface area contributed by atoms with Gasteiger partial charge < -0.3 is 10.2 Å². The fourth-order valence-electron chi connectivity index (χ4n) is 1.18. The van der Waals surface area contributed by atoms with E-state index < -0.39 is 22.6 Å². The van der Waals surface area contributed by atoms with E-state index in [1.165, 1.54) is 4.90 Å². The summed E-state index contributed by atoms with van der Waals surface area (Å²) in [4.78, 5) is 23.9. The third kappa shape index (κ3) is 3.32. The van der Waals surface area contributed by atoms with E-state index in [0.717, 1.165) is 0 Å². The lowest BCUT2D eigenvalue weighted by Gasteiger charge is -2.25. The Labute approximate surface area is 89.7 Å². The molecule has 0 spiro atoms. The van der Waals surface area contributed by atoms with E-state index in [9.17, 15) is 13.8 Å². The number of rotatable bonds is 1. The largest absolute Gasteiger partial charge is 0.335 e. The van der Waals surface area contributed by atoms with E-state index in [-0.39, 0.29) is 6.54 Å². The van der Waals surface area contributed by atoms with Crippen LogP contribution in [-0.4, -0.2) is 52.1 Å². The minimum absolute atomic E-state index is 0.176. The molecule has 0 atom stereocenters. The van der Waals surface area contributed by atoms with Gasteiger partial charge in [-0.3, -0.25) is 13.8 Å². The lowest BCUT2D eigenvalue weighted by molar-refractivity contribution is -0.145. The number of nitriles is 1. The zero-order valence-electron chi connectivity index (χ0n) is 8.06. The molecule has 0 unspecified atom stereocenters. The van der Waals surface area contributed by atoms with Crippen LogP contribution in [0.4, 0.5) is 0 Å². The number of hydrogen-bond donors (Lipinski definition) is 1. The minimum Gasteiger partial charge on any atom is -0.335 e. The van der Waals surface area contributed by atoms with Crippen LogP contribution in [-0.2, 0) is 20.4 Å². The molecule has 82 valence electrons. The summed E-state index contributed by atoms with van der Waals surface area (Å²) in [5, 5.41) is 10.4. The molecular formula is C8H11N3O3S. The van der Waals surface area contributed by atoms with Gasteiger partial charge in [-0.05, 0) is 0 Å². The van der Waals surface area contributed by atoms with Crippen molar-refractivity contribution in [2.45, 2.75) is 0 Å². The van der Waals surface area contributed by atoms with E-state index in [4.69, 9.17) is 5.26 Å². The molecule has 0 aromatic heterocycles. The van der Waals surface area contributed by atoms with Crippen LogP contribution >= 0.6 is 0 Å². The molecule has 1 rings (SSSR count). The molecule has 0 radical (unpaired) electrons. The van der Waals surface area contributed by atoms with Gasteiger partial charge in [0, 0.05) is 35.4 Å². The summed E-state index contributed by atoms with van der Waals surface area (Å²) < 4.78 is 11.0. The second-order valence-corrected chi connectivity index (χ2v) is 4.68. The molecular weight excluding hydrogens is 218 g/mol. The summed E-state index contributed by atoms with van der Waals surface area (Å²) in [5.74, 6) is -0.597. The van der Waals surface area contributed by atoms with E-state index in [1.807, 2.05) is 0 Å². The van der Waals surface area contributed by atoms with Crippen molar-refractivity contribution >= 4 is 22.6 Å². The summed E-state index contributed by atoms with van der Waals surface area (Å²) in [7, 11) is -0.874. The van der Waals surface area contributed by atoms with Gasteiger partial charge in [-0.1, -0.05) is 0 Å². The minimum atomic E-state index is -0.874. The van der Waals surface area contributed by atoms with Crippen molar-refractivity contribution in [1.29, 1.82) is 5.26 Å². The predicted molar refractivity (Wildman–Crippen MR) is 53.1 cm³/mol. The van der Waals surface area contributed by atoms with Crippen LogP contribution in [0.15, 0.2) is 0 Å². The van der Waals surface area contributed by atoms with Crippen LogP contribution in [0.3, 0.4) is 0 Å². The lowest BCUT2D eigenvalue weighted by atomic mass is 10.4. The summed E-state index contributed by atoms with van der Waals surface area (Å²) in [6, 6.07) is 1.71. The van der Waals surface area contributed by atoms with Gasteiger partial charge in [0.15, 0.2) is 0 Å². The summed E-state index contributed by atoms with van der Waals surface area (Å²) in [6.45, 7) is 0.501. The van der Waals surface area contributed by atoms with Gasteiger partial charge in [-0.25, -0.2) is 0 Å². The molecule has 0 aromatic rings. The van der Waals surface area contributed by atoms with Crippen molar-refractivity contribution in [2.24, 2.45) is 0 Å². The van der Waals surface area contributed by atoms with Crippen molar-refractivity contribution < 1.29 is 13.8 Å². The Bertz CT molecular complexity index is 327. The van der Waals surface area contributed by atoms with Crippen molar-refractivity contribution in [3.8, 4) is 6.07 Å². The van der Waals surface area contributed by atoms with Gasteiger partial charge in [0.25, 0.3) is 0 Å². The van der Waals surface area contributed by atoms with Crippen molar-refractivity contribution in [3.63, 3.8) is 0 Å². The molecule has 0 aromatic carbocycles. The number of carbonyl (C=O) groups is 2. The number of amides is 2. The van der Waals surface area contributed by atoms with E-state index >= 15 is 0 Å². The van der Waals surface area contributed by atoms with Crippen LogP contribution < -0.4 is 5.32 Å². The Kier molecular flexibility index (Phi) is 4.24. The predicted octanol–water partition coefficient (Wildman–Crippen LogP) is -1.78. The zero-order valence-corrected chi connectivity index (χ0v) is 8.88. The smallest absolute Gasteiger partial charge is 0.311 e. The summed E-state index contributed by atoms with van der Waals surface area (Å²) in [6.07, 6.45) is 0. The molecule has 7 heteroatoms. The monoisotopic (exact) mass is 229 g/mol. The van der Waals surface area contributed by atoms with Gasteiger partial charge >= 0.3 is 11.8 Å². The Balaban J connectivity index is 2.43. The summed E-state index contributed by atoms with van der Waals surface area (Å²) in [5.41, 5.74) is 0. The highest BCUT2D eigenvalue weighted by Gasteiger charge is 2.24. The lowest BCUT2D eigenvalue weighted by Crippen LogP contribution is -2.48. The fraction of sp³-hybridized carbons (Fsp3) is 0.625. The molecule has 1 fully saturated rings. The first kappa shape index (κ1) is 11.7. The molecule has 6 nitrogen and oxygen atoms in total. The van der Waals surface area contributed by atoms with E-state index in [1.54, 1.807) is 6.07 Å². The van der Waals surface area contributed by atoms with Crippen LogP contribution in [0.1, 0.15) is 0 Å². The third-order valence-electron chi connectivity index (χ3n) is 1.99. The van der Waals surface area contributed by atoms with Gasteiger partial charge in [-0.2, -0.15) is 5.26 Å². The van der Waals surface area contributed by atoms with Crippen LogP contribution in [0.2, 0.25) is 0 Å². The Morgan fingerprint density at radius 2 is 2.00 bits per heavy atom. The van der Waals surface area contributed by atoms with Gasteiger partial charge in [0.2, 0.25) is 0 Å². The molecule has 1 N–H and O–H groups in total. The number of hydrogen-bond acceptors (Lipinski definition) is 4. The molecule has 0 bridgehead atoms. The highest BCUT2D eigenvalue weighted by molar-refractivity contribution is 7.85. The molecule has 1 aliphatic rings. The third-order valence-corrected chi connectivity index (χ3v) is 3.26. The SMILES string of the molecule is N#CCNC(=O)C(=O)N1CCS(=O)CC1. The molecule has 15 heavy (non-hydrogen) atoms. The normalized spacial score (nSPS) is 16.9. The van der Waals surface area contributed by atoms with Crippen LogP contribution in [0, 0.1) is 11.3 Å². The Morgan fingerprint density at radius 3 is 2.53 bits per heavy atom. The van der Waals surface area contributed by atoms with E-state index in [2.05, 4.69) is 5.32 Å². The maximum absolute atomic E-state index is 11.4. The quantitative estimate of drug-likeness (QED) is 0.425. The van der Waals surface area contributed by atoms with Crippen molar-refractivity contribution in [1.82, 2.24) is 10.2 Å². The first-order valence-electron chi connectivity index (χ1n) is 4.44. The standard InChI is InChI=1S/C8H11N3O3S/c9-1-2-10-7(12)8(13)11-3-5-15(14)6-4-11/h2-6H2,(H,10,12). The first-order valence-corrected chi connectivity index (χ1v) is 5.93. The second-order valence-electron chi connectivity index (χ2n) is 2.98. The Morgan fingerprint density at radius 1 is 1.40 bits per heavy atom. The number of carbonyl (C=O) groups excluding carboxylic acids is 2. The average molecular weight is 229 g/mol. The second kappa shape index (κ2) is 5.46. The maximum Gasteiger partial charge on any atom is 0.311 e. The zero-order chi connectivity index (χ0) is 11.3. The number of nitrogens with one attached hydrogen (secondary N) is 1. The molecule has 0 aliphatic carbocycles. The maximum atomic E-state index is 11.4. The molecule has 2 amide bonds. The molecule has 1 aliphatic heterocycles. The molecule has 0 saturated carbocycles. The van der Waals surface area contributed by atoms with Gasteiger partial charge in [0.05, 0.1) is 6.07 Å². The first-order chi connectivity index (χ1) is 7.15. The van der Waals surface area contributed by atoms with Crippen molar-refractivity contribution in [3.05, 3.63) is 0 Å². The molecule has 1 saturated heterocycles.